The van der Waals surface area contributed by atoms with E-state index in [9.17, 15) is 4.79 Å². The highest BCUT2D eigenvalue weighted by Crippen LogP contribution is 2.26. The number of urea groups is 1. The van der Waals surface area contributed by atoms with E-state index >= 15 is 0 Å². The summed E-state index contributed by atoms with van der Waals surface area (Å²) in [6, 6.07) is 2.91. The van der Waals surface area contributed by atoms with Crippen LogP contribution < -0.4 is 5.32 Å². The van der Waals surface area contributed by atoms with Crippen LogP contribution in [-0.4, -0.2) is 64.5 Å². The first-order chi connectivity index (χ1) is 12.8. The molecule has 0 radical (unpaired) electrons. The van der Waals surface area contributed by atoms with Gasteiger partial charge in [-0.1, -0.05) is 19.3 Å². The van der Waals surface area contributed by atoms with E-state index in [0.717, 1.165) is 31.2 Å². The van der Waals surface area contributed by atoms with Crippen LogP contribution >= 0.6 is 0 Å². The Bertz CT molecular complexity index is 605. The van der Waals surface area contributed by atoms with Crippen molar-refractivity contribution in [2.45, 2.75) is 64.2 Å². The van der Waals surface area contributed by atoms with E-state index in [1.807, 2.05) is 4.90 Å². The molecule has 7 heteroatoms. The Labute approximate surface area is 155 Å². The third kappa shape index (κ3) is 4.20. The van der Waals surface area contributed by atoms with Crippen LogP contribution in [0.1, 0.15) is 49.9 Å². The Balaban J connectivity index is 1.34. The summed E-state index contributed by atoms with van der Waals surface area (Å²) in [6.07, 6.45) is 7.99. The van der Waals surface area contributed by atoms with E-state index in [-0.39, 0.29) is 6.03 Å². The minimum atomic E-state index is -0.0136. The lowest BCUT2D eigenvalue weighted by molar-refractivity contribution is 0.0531. The van der Waals surface area contributed by atoms with Gasteiger partial charge in [-0.05, 0) is 25.3 Å². The van der Waals surface area contributed by atoms with Crippen LogP contribution in [0.4, 0.5) is 4.79 Å². The molecule has 1 aliphatic carbocycles. The fourth-order valence-corrected chi connectivity index (χ4v) is 4.44. The van der Waals surface area contributed by atoms with Crippen molar-refractivity contribution >= 4 is 6.03 Å². The molecule has 0 bridgehead atoms. The third-order valence-electron chi connectivity index (χ3n) is 5.90. The maximum Gasteiger partial charge on any atom is 0.317 e. The van der Waals surface area contributed by atoms with Crippen LogP contribution in [0.3, 0.4) is 0 Å². The summed E-state index contributed by atoms with van der Waals surface area (Å²) in [6.45, 7) is 6.25. The van der Waals surface area contributed by atoms with Crippen molar-refractivity contribution in [3.63, 3.8) is 0 Å². The zero-order chi connectivity index (χ0) is 17.8. The molecule has 1 aromatic rings. The fourth-order valence-electron chi connectivity index (χ4n) is 4.44. The monoisotopic (exact) mass is 361 g/mol. The Kier molecular flexibility index (Phi) is 5.75. The Morgan fingerprint density at radius 1 is 1.12 bits per heavy atom. The molecule has 1 saturated carbocycles. The molecular weight excluding hydrogens is 330 g/mol. The maximum atomic E-state index is 12.2. The van der Waals surface area contributed by atoms with Gasteiger partial charge in [-0.15, -0.1) is 0 Å². The first-order valence-corrected chi connectivity index (χ1v) is 10.2. The number of carbonyl (C=O) groups excluding carboxylic acids is 1. The first kappa shape index (κ1) is 17.8. The molecule has 1 saturated heterocycles. The lowest BCUT2D eigenvalue weighted by Gasteiger charge is -2.33. The second-order valence-electron chi connectivity index (χ2n) is 7.72. The second-order valence-corrected chi connectivity index (χ2v) is 7.72. The molecule has 1 aromatic heterocycles. The summed E-state index contributed by atoms with van der Waals surface area (Å²) in [4.78, 5) is 16.7. The topological polar surface area (TPSA) is 62.6 Å². The summed E-state index contributed by atoms with van der Waals surface area (Å²) < 4.78 is 7.45. The standard InChI is InChI=1S/C19H31N5O2/c25-19(22-9-11-26-12-10-22)20-14-16-13-18-15-23(7-4-8-24(18)21-16)17-5-2-1-3-6-17/h13,17H,1-12,14-15H2,(H,20,25). The van der Waals surface area contributed by atoms with E-state index in [0.29, 0.717) is 32.8 Å². The van der Waals surface area contributed by atoms with Gasteiger partial charge in [0.15, 0.2) is 0 Å². The van der Waals surface area contributed by atoms with E-state index in [1.165, 1.54) is 44.3 Å². The number of aryl methyl sites for hydroxylation is 1. The van der Waals surface area contributed by atoms with Crippen LogP contribution in [0.15, 0.2) is 6.07 Å². The Hall–Kier alpha value is -1.60. The lowest BCUT2D eigenvalue weighted by Crippen LogP contribution is -2.45. The van der Waals surface area contributed by atoms with Gasteiger partial charge in [0.25, 0.3) is 0 Å². The number of rotatable bonds is 3. The maximum absolute atomic E-state index is 12.2. The largest absolute Gasteiger partial charge is 0.378 e. The van der Waals surface area contributed by atoms with Crippen molar-refractivity contribution in [3.8, 4) is 0 Å². The van der Waals surface area contributed by atoms with E-state index < -0.39 is 0 Å². The zero-order valence-electron chi connectivity index (χ0n) is 15.7. The van der Waals surface area contributed by atoms with Gasteiger partial charge in [-0.2, -0.15) is 5.10 Å². The van der Waals surface area contributed by atoms with Gasteiger partial charge in [0.05, 0.1) is 31.1 Å². The number of hydrogen-bond donors (Lipinski definition) is 1. The number of hydrogen-bond acceptors (Lipinski definition) is 4. The number of fused-ring (bicyclic) bond motifs is 1. The lowest BCUT2D eigenvalue weighted by atomic mass is 9.94. The summed E-state index contributed by atoms with van der Waals surface area (Å²) >= 11 is 0. The van der Waals surface area contributed by atoms with E-state index in [4.69, 9.17) is 9.84 Å². The van der Waals surface area contributed by atoms with Gasteiger partial charge < -0.3 is 15.0 Å². The number of morpholine rings is 1. The molecule has 2 aliphatic heterocycles. The van der Waals surface area contributed by atoms with Crippen LogP contribution in [-0.2, 0) is 24.4 Å². The van der Waals surface area contributed by atoms with Crippen molar-refractivity contribution in [1.82, 2.24) is 24.9 Å². The third-order valence-corrected chi connectivity index (χ3v) is 5.90. The van der Waals surface area contributed by atoms with Crippen LogP contribution in [0.5, 0.6) is 0 Å². The predicted octanol–water partition coefficient (Wildman–Crippen LogP) is 1.96. The van der Waals surface area contributed by atoms with Crippen LogP contribution in [0, 0.1) is 0 Å². The van der Waals surface area contributed by atoms with Crippen molar-refractivity contribution in [1.29, 1.82) is 0 Å². The molecule has 0 aromatic carbocycles. The SMILES string of the molecule is O=C(NCc1cc2n(n1)CCCN(C1CCCCC1)C2)N1CCOCC1. The first-order valence-electron chi connectivity index (χ1n) is 10.2. The van der Waals surface area contributed by atoms with Gasteiger partial charge in [0.1, 0.15) is 0 Å². The van der Waals surface area contributed by atoms with Gasteiger partial charge in [-0.25, -0.2) is 4.79 Å². The van der Waals surface area contributed by atoms with Crippen molar-refractivity contribution < 1.29 is 9.53 Å². The van der Waals surface area contributed by atoms with Crippen molar-refractivity contribution in [2.75, 3.05) is 32.8 Å². The average Bonchev–Trinajstić information content (AvgIpc) is 2.97. The number of aromatic nitrogens is 2. The van der Waals surface area contributed by atoms with Gasteiger partial charge >= 0.3 is 6.03 Å². The van der Waals surface area contributed by atoms with Crippen molar-refractivity contribution in [2.24, 2.45) is 0 Å². The molecule has 0 spiro atoms. The van der Waals surface area contributed by atoms with E-state index in [2.05, 4.69) is 21.0 Å². The number of amides is 2. The smallest absolute Gasteiger partial charge is 0.317 e. The Morgan fingerprint density at radius 3 is 2.73 bits per heavy atom. The molecule has 144 valence electrons. The molecule has 4 rings (SSSR count). The number of carbonyl (C=O) groups is 1. The highest BCUT2D eigenvalue weighted by atomic mass is 16.5. The summed E-state index contributed by atoms with van der Waals surface area (Å²) in [5.74, 6) is 0. The molecule has 3 heterocycles. The predicted molar refractivity (Wildman–Crippen MR) is 98.8 cm³/mol. The quantitative estimate of drug-likeness (QED) is 0.894. The minimum Gasteiger partial charge on any atom is -0.378 e. The van der Waals surface area contributed by atoms with Crippen LogP contribution in [0.2, 0.25) is 0 Å². The molecule has 1 N–H and O–H groups in total. The van der Waals surface area contributed by atoms with Gasteiger partial charge in [0, 0.05) is 38.8 Å². The molecule has 3 aliphatic rings. The number of ether oxygens (including phenoxy) is 1. The molecular formula is C19H31N5O2. The minimum absolute atomic E-state index is 0.0136. The Morgan fingerprint density at radius 2 is 1.92 bits per heavy atom. The van der Waals surface area contributed by atoms with Gasteiger partial charge in [-0.3, -0.25) is 9.58 Å². The molecule has 2 amide bonds. The molecule has 26 heavy (non-hydrogen) atoms. The van der Waals surface area contributed by atoms with Gasteiger partial charge in [0.2, 0.25) is 0 Å². The number of nitrogens with zero attached hydrogens (tertiary/aromatic N) is 4. The molecule has 0 unspecified atom stereocenters. The highest BCUT2D eigenvalue weighted by Gasteiger charge is 2.25. The molecule has 2 fully saturated rings. The average molecular weight is 361 g/mol. The van der Waals surface area contributed by atoms with Crippen molar-refractivity contribution in [3.05, 3.63) is 17.5 Å². The normalized spacial score (nSPS) is 22.7. The highest BCUT2D eigenvalue weighted by molar-refractivity contribution is 5.74. The zero-order valence-corrected chi connectivity index (χ0v) is 15.7. The van der Waals surface area contributed by atoms with Crippen LogP contribution in [0.25, 0.3) is 0 Å². The summed E-state index contributed by atoms with van der Waals surface area (Å²) in [5, 5.41) is 7.75. The second kappa shape index (κ2) is 8.39. The molecule has 7 nitrogen and oxygen atoms in total. The molecule has 0 atom stereocenters. The van der Waals surface area contributed by atoms with E-state index in [1.54, 1.807) is 0 Å². The summed E-state index contributed by atoms with van der Waals surface area (Å²) in [5.41, 5.74) is 2.26. The number of nitrogens with one attached hydrogen (secondary N) is 1. The fraction of sp³-hybridized carbons (Fsp3) is 0.789. The summed E-state index contributed by atoms with van der Waals surface area (Å²) in [7, 11) is 0.